The number of rotatable bonds is 2. The zero-order chi connectivity index (χ0) is 24.0. The van der Waals surface area contributed by atoms with Gasteiger partial charge in [-0.05, 0) is 98.7 Å². The predicted molar refractivity (Wildman–Crippen MR) is 128 cm³/mol. The van der Waals surface area contributed by atoms with Gasteiger partial charge in [0.15, 0.2) is 0 Å². The Morgan fingerprint density at radius 3 is 2.15 bits per heavy atom. The molecule has 0 N–H and O–H groups in total. The van der Waals surface area contributed by atoms with Crippen LogP contribution in [0.4, 0.5) is 0 Å². The summed E-state index contributed by atoms with van der Waals surface area (Å²) in [6.45, 7) is 16.3. The molecule has 1 heterocycles. The van der Waals surface area contributed by atoms with Crippen molar-refractivity contribution >= 4 is 11.9 Å². The molecule has 0 aromatic carbocycles. The lowest BCUT2D eigenvalue weighted by molar-refractivity contribution is -0.229. The Hall–Kier alpha value is -1.06. The summed E-state index contributed by atoms with van der Waals surface area (Å²) in [6, 6.07) is 0. The molecule has 4 saturated carbocycles. The fourth-order valence-corrected chi connectivity index (χ4v) is 10.8. The fourth-order valence-electron chi connectivity index (χ4n) is 10.8. The molecule has 0 bridgehead atoms. The topological polar surface area (TPSA) is 52.6 Å². The average Bonchev–Trinajstić information content (AvgIpc) is 3.25. The van der Waals surface area contributed by atoms with E-state index in [4.69, 9.17) is 9.47 Å². The van der Waals surface area contributed by atoms with Crippen LogP contribution in [0, 0.1) is 45.3 Å². The van der Waals surface area contributed by atoms with Gasteiger partial charge in [0.2, 0.25) is 0 Å². The Labute approximate surface area is 200 Å². The minimum absolute atomic E-state index is 0.00536. The summed E-state index contributed by atoms with van der Waals surface area (Å²) in [5.41, 5.74) is 0.682. The smallest absolute Gasteiger partial charge is 0.306 e. The van der Waals surface area contributed by atoms with Gasteiger partial charge in [-0.15, -0.1) is 0 Å². The summed E-state index contributed by atoms with van der Waals surface area (Å²) in [7, 11) is 0. The first-order valence-electron chi connectivity index (χ1n) is 13.7. The highest BCUT2D eigenvalue weighted by Gasteiger charge is 2.70. The van der Waals surface area contributed by atoms with E-state index in [0.717, 1.165) is 12.8 Å². The van der Waals surface area contributed by atoms with Crippen molar-refractivity contribution in [2.45, 2.75) is 124 Å². The van der Waals surface area contributed by atoms with Gasteiger partial charge in [-0.2, -0.15) is 0 Å². The van der Waals surface area contributed by atoms with Gasteiger partial charge in [-0.3, -0.25) is 9.59 Å². The van der Waals surface area contributed by atoms with Crippen LogP contribution in [-0.4, -0.2) is 23.6 Å². The molecule has 33 heavy (non-hydrogen) atoms. The molecule has 5 fully saturated rings. The van der Waals surface area contributed by atoms with Crippen molar-refractivity contribution in [3.63, 3.8) is 0 Å². The van der Waals surface area contributed by atoms with Gasteiger partial charge < -0.3 is 9.47 Å². The van der Waals surface area contributed by atoms with E-state index >= 15 is 0 Å². The molecule has 1 aliphatic heterocycles. The summed E-state index contributed by atoms with van der Waals surface area (Å²) in [4.78, 5) is 23.9. The Morgan fingerprint density at radius 1 is 0.818 bits per heavy atom. The van der Waals surface area contributed by atoms with Gasteiger partial charge >= 0.3 is 11.9 Å². The second-order valence-corrected chi connectivity index (χ2v) is 14.1. The third kappa shape index (κ3) is 3.07. The first-order chi connectivity index (χ1) is 15.3. The van der Waals surface area contributed by atoms with Gasteiger partial charge in [-0.25, -0.2) is 0 Å². The molecule has 5 aliphatic rings. The summed E-state index contributed by atoms with van der Waals surface area (Å²) in [5.74, 6) is 2.33. The van der Waals surface area contributed by atoms with Crippen molar-refractivity contribution < 1.29 is 19.1 Å². The molecule has 0 aromatic heterocycles. The van der Waals surface area contributed by atoms with Crippen LogP contribution in [0.15, 0.2) is 0 Å². The minimum Gasteiger partial charge on any atom is -0.462 e. The molecule has 4 aliphatic carbocycles. The van der Waals surface area contributed by atoms with E-state index in [9.17, 15) is 9.59 Å². The number of ether oxygens (including phenoxy) is 2. The molecule has 0 spiro atoms. The van der Waals surface area contributed by atoms with Gasteiger partial charge in [0, 0.05) is 24.7 Å². The Bertz CT molecular complexity index is 849. The number of carbonyl (C=O) groups excluding carboxylic acids is 2. The lowest BCUT2D eigenvalue weighted by Crippen LogP contribution is -2.64. The first-order valence-corrected chi connectivity index (χ1v) is 13.7. The van der Waals surface area contributed by atoms with Crippen molar-refractivity contribution in [2.75, 3.05) is 0 Å². The van der Waals surface area contributed by atoms with Gasteiger partial charge in [0.1, 0.15) is 11.7 Å². The molecule has 186 valence electrons. The fraction of sp³-hybridized carbons (Fsp3) is 0.931. The number of carbonyl (C=O) groups is 2. The Morgan fingerprint density at radius 2 is 1.52 bits per heavy atom. The number of cyclic esters (lactones) is 1. The highest BCUT2D eigenvalue weighted by molar-refractivity contribution is 5.72. The lowest BCUT2D eigenvalue weighted by Gasteiger charge is -2.70. The molecule has 0 radical (unpaired) electrons. The summed E-state index contributed by atoms with van der Waals surface area (Å²) >= 11 is 0. The van der Waals surface area contributed by atoms with E-state index in [2.05, 4.69) is 41.5 Å². The van der Waals surface area contributed by atoms with E-state index in [-0.39, 0.29) is 29.1 Å². The monoisotopic (exact) mass is 458 g/mol. The van der Waals surface area contributed by atoms with Crippen LogP contribution >= 0.6 is 0 Å². The molecular weight excluding hydrogens is 412 g/mol. The van der Waals surface area contributed by atoms with E-state index in [0.29, 0.717) is 46.3 Å². The van der Waals surface area contributed by atoms with Crippen LogP contribution in [0.1, 0.15) is 113 Å². The van der Waals surface area contributed by atoms with Crippen molar-refractivity contribution in [1.29, 1.82) is 0 Å². The number of hydrogen-bond donors (Lipinski definition) is 0. The van der Waals surface area contributed by atoms with E-state index < -0.39 is 0 Å². The van der Waals surface area contributed by atoms with Crippen LogP contribution < -0.4 is 0 Å². The zero-order valence-corrected chi connectivity index (χ0v) is 22.1. The van der Waals surface area contributed by atoms with Crippen LogP contribution in [0.5, 0.6) is 0 Å². The molecular formula is C29H46O4. The summed E-state index contributed by atoms with van der Waals surface area (Å²) in [5, 5.41) is 0. The number of esters is 2. The Kier molecular flexibility index (Phi) is 5.19. The molecule has 0 unspecified atom stereocenters. The standard InChI is InChI=1S/C29H46O4/c1-18(30)32-23-12-14-26(4)21(25(23,2)3)11-16-28(6)22(26)9-8-19-20(10-15-27(19,28)5)29(7)17-13-24(31)33-29/h19-23H,8-17H2,1-7H3/t19-,20+,21+,22-,23-,26+,27-,28-,29+/m0/s1. The molecule has 5 rings (SSSR count). The second-order valence-electron chi connectivity index (χ2n) is 14.1. The van der Waals surface area contributed by atoms with Gasteiger partial charge in [-0.1, -0.05) is 34.6 Å². The number of hydrogen-bond acceptors (Lipinski definition) is 4. The largest absolute Gasteiger partial charge is 0.462 e. The minimum atomic E-state index is -0.256. The molecule has 1 saturated heterocycles. The average molecular weight is 459 g/mol. The van der Waals surface area contributed by atoms with E-state index in [1.807, 2.05) is 0 Å². The SMILES string of the molecule is CC(=O)O[C@H]1CC[C@]2(C)[C@H](CC[C@@]3(C)[C@H]2CC[C@H]2[C@H]([C@@]4(C)CCC(=O)O4)CC[C@@]23C)C1(C)C. The third-order valence-corrected chi connectivity index (χ3v) is 12.6. The molecule has 4 nitrogen and oxygen atoms in total. The molecule has 0 aromatic rings. The maximum atomic E-state index is 12.0. The molecule has 0 amide bonds. The van der Waals surface area contributed by atoms with Crippen molar-refractivity contribution in [3.8, 4) is 0 Å². The maximum absolute atomic E-state index is 12.0. The molecule has 4 heteroatoms. The zero-order valence-electron chi connectivity index (χ0n) is 22.1. The van der Waals surface area contributed by atoms with Crippen molar-refractivity contribution in [1.82, 2.24) is 0 Å². The lowest BCUT2D eigenvalue weighted by atomic mass is 9.35. The highest BCUT2D eigenvalue weighted by Crippen LogP contribution is 2.76. The van der Waals surface area contributed by atoms with Gasteiger partial charge in [0.25, 0.3) is 0 Å². The number of fused-ring (bicyclic) bond motifs is 5. The highest BCUT2D eigenvalue weighted by atomic mass is 16.6. The third-order valence-electron chi connectivity index (χ3n) is 12.6. The first kappa shape index (κ1) is 23.7. The Balaban J connectivity index is 1.45. The van der Waals surface area contributed by atoms with Crippen molar-refractivity contribution in [3.05, 3.63) is 0 Å². The van der Waals surface area contributed by atoms with Crippen LogP contribution in [0.2, 0.25) is 0 Å². The van der Waals surface area contributed by atoms with Crippen LogP contribution in [-0.2, 0) is 19.1 Å². The second kappa shape index (κ2) is 7.23. The van der Waals surface area contributed by atoms with Crippen LogP contribution in [0.3, 0.4) is 0 Å². The summed E-state index contributed by atoms with van der Waals surface area (Å²) < 4.78 is 11.9. The van der Waals surface area contributed by atoms with Gasteiger partial charge in [0.05, 0.1) is 0 Å². The van der Waals surface area contributed by atoms with Crippen LogP contribution in [0.25, 0.3) is 0 Å². The normalized spacial score (nSPS) is 52.9. The quantitative estimate of drug-likeness (QED) is 0.432. The summed E-state index contributed by atoms with van der Waals surface area (Å²) in [6.07, 6.45) is 11.2. The van der Waals surface area contributed by atoms with E-state index in [1.54, 1.807) is 6.92 Å². The predicted octanol–water partition coefficient (Wildman–Crippen LogP) is 6.70. The molecule has 9 atom stereocenters. The maximum Gasteiger partial charge on any atom is 0.306 e. The van der Waals surface area contributed by atoms with Crippen molar-refractivity contribution in [2.24, 2.45) is 45.3 Å². The van der Waals surface area contributed by atoms with E-state index in [1.165, 1.54) is 44.9 Å².